The van der Waals surface area contributed by atoms with Crippen molar-refractivity contribution in [2.75, 3.05) is 30.9 Å². The summed E-state index contributed by atoms with van der Waals surface area (Å²) < 4.78 is 0. The van der Waals surface area contributed by atoms with Gasteiger partial charge in [0, 0.05) is 21.1 Å². The van der Waals surface area contributed by atoms with E-state index in [0.29, 0.717) is 0 Å². The number of anilines is 2. The number of nitrogens with zero attached hydrogens (tertiary/aromatic N) is 5. The molecule has 0 aromatic heterocycles. The number of hydrogen-bond acceptors (Lipinski definition) is 5. The first-order valence-corrected chi connectivity index (χ1v) is 7.02. The Bertz CT molecular complexity index is 531. The van der Waals surface area contributed by atoms with Gasteiger partial charge in [-0.3, -0.25) is 0 Å². The molecule has 0 N–H and O–H groups in total. The van der Waals surface area contributed by atoms with Gasteiger partial charge in [0.2, 0.25) is 5.79 Å². The maximum Gasteiger partial charge on any atom is 0.233 e. The number of likely N-dealkylation sites (N-methyl/N-ethyl adjacent to an activating group) is 3. The molecule has 0 bridgehead atoms. The molecule has 2 aliphatic heterocycles. The molecule has 0 aliphatic carbocycles. The van der Waals surface area contributed by atoms with Crippen LogP contribution in [0.5, 0.6) is 0 Å². The van der Waals surface area contributed by atoms with Crippen LogP contribution in [-0.2, 0) is 0 Å². The van der Waals surface area contributed by atoms with Crippen molar-refractivity contribution < 1.29 is 0 Å². The minimum Gasteiger partial charge on any atom is -0.330 e. The van der Waals surface area contributed by atoms with Crippen LogP contribution >= 0.6 is 0 Å². The molecule has 3 rings (SSSR count). The van der Waals surface area contributed by atoms with Crippen LogP contribution in [0.1, 0.15) is 20.8 Å². The van der Waals surface area contributed by atoms with Gasteiger partial charge in [-0.05, 0) is 17.5 Å². The molecule has 0 radical (unpaired) electrons. The molecule has 0 saturated heterocycles. The molecule has 0 saturated carbocycles. The number of hydrogen-bond donors (Lipinski definition) is 0. The summed E-state index contributed by atoms with van der Waals surface area (Å²) in [7, 11) is 6.27. The highest BCUT2D eigenvalue weighted by molar-refractivity contribution is 5.79. The van der Waals surface area contributed by atoms with Gasteiger partial charge in [-0.1, -0.05) is 38.1 Å². The third kappa shape index (κ3) is 1.38. The van der Waals surface area contributed by atoms with E-state index in [0.717, 1.165) is 0 Å². The van der Waals surface area contributed by atoms with E-state index in [4.69, 9.17) is 0 Å². The van der Waals surface area contributed by atoms with Gasteiger partial charge >= 0.3 is 0 Å². The average Bonchev–Trinajstić information content (AvgIpc) is 2.84. The molecule has 20 heavy (non-hydrogen) atoms. The van der Waals surface area contributed by atoms with Gasteiger partial charge in [0.25, 0.3) is 0 Å². The van der Waals surface area contributed by atoms with Crippen LogP contribution in [0, 0.1) is 5.41 Å². The van der Waals surface area contributed by atoms with Gasteiger partial charge in [0.1, 0.15) is 6.04 Å². The first-order chi connectivity index (χ1) is 9.31. The van der Waals surface area contributed by atoms with Crippen molar-refractivity contribution in [3.05, 3.63) is 24.3 Å². The second-order valence-corrected chi connectivity index (χ2v) is 6.79. The first kappa shape index (κ1) is 13.2. The summed E-state index contributed by atoms with van der Waals surface area (Å²) in [5.74, 6) is -0.359. The predicted octanol–water partition coefficient (Wildman–Crippen LogP) is 2.95. The highest BCUT2D eigenvalue weighted by atomic mass is 15.8. The summed E-state index contributed by atoms with van der Waals surface area (Å²) in [6.45, 7) is 6.67. The van der Waals surface area contributed by atoms with E-state index in [1.165, 1.54) is 11.4 Å². The van der Waals surface area contributed by atoms with Crippen LogP contribution in [0.3, 0.4) is 0 Å². The summed E-state index contributed by atoms with van der Waals surface area (Å²) in [5, 5.41) is 10.9. The topological polar surface area (TPSA) is 34.4 Å². The maximum absolute atomic E-state index is 4.57. The summed E-state index contributed by atoms with van der Waals surface area (Å²) in [6, 6.07) is 8.55. The third-order valence-electron chi connectivity index (χ3n) is 4.56. The standard InChI is InChI=1S/C15H23N5/c1-14(2,3)13-15(20(6)17-16-13)18(4)11-9-7-8-10-12(11)19(15)5/h7-10,13H,1-6H3/t13-/m0/s1. The van der Waals surface area contributed by atoms with Gasteiger partial charge in [-0.15, -0.1) is 0 Å². The third-order valence-corrected chi connectivity index (χ3v) is 4.56. The zero-order chi connectivity index (χ0) is 14.7. The van der Waals surface area contributed by atoms with Crippen molar-refractivity contribution in [2.24, 2.45) is 15.8 Å². The van der Waals surface area contributed by atoms with Gasteiger partial charge in [0.15, 0.2) is 0 Å². The van der Waals surface area contributed by atoms with Crippen LogP contribution in [0.25, 0.3) is 0 Å². The molecule has 1 spiro atoms. The number of benzene rings is 1. The molecule has 5 heteroatoms. The van der Waals surface area contributed by atoms with Crippen LogP contribution in [0.2, 0.25) is 0 Å². The van der Waals surface area contributed by atoms with E-state index < -0.39 is 0 Å². The van der Waals surface area contributed by atoms with Crippen molar-refractivity contribution in [2.45, 2.75) is 32.6 Å². The van der Waals surface area contributed by atoms with E-state index >= 15 is 0 Å². The molecule has 108 valence electrons. The van der Waals surface area contributed by atoms with E-state index in [1.54, 1.807) is 0 Å². The zero-order valence-corrected chi connectivity index (χ0v) is 13.1. The Labute approximate surface area is 120 Å². The van der Waals surface area contributed by atoms with Crippen LogP contribution in [-0.4, -0.2) is 38.0 Å². The fraction of sp³-hybridized carbons (Fsp3) is 0.600. The van der Waals surface area contributed by atoms with E-state index in [9.17, 15) is 0 Å². The second-order valence-electron chi connectivity index (χ2n) is 6.79. The lowest BCUT2D eigenvalue weighted by Gasteiger charge is -2.49. The number of rotatable bonds is 0. The Morgan fingerprint density at radius 1 is 1.00 bits per heavy atom. The van der Waals surface area contributed by atoms with Gasteiger partial charge in [0.05, 0.1) is 11.4 Å². The van der Waals surface area contributed by atoms with Gasteiger partial charge in [-0.2, -0.15) is 5.11 Å². The van der Waals surface area contributed by atoms with Crippen LogP contribution in [0.4, 0.5) is 11.4 Å². The molecule has 5 nitrogen and oxygen atoms in total. The van der Waals surface area contributed by atoms with Crippen LogP contribution < -0.4 is 9.80 Å². The summed E-state index contributed by atoms with van der Waals surface area (Å²) in [4.78, 5) is 4.61. The van der Waals surface area contributed by atoms with Crippen molar-refractivity contribution >= 4 is 11.4 Å². The highest BCUT2D eigenvalue weighted by Gasteiger charge is 2.61. The lowest BCUT2D eigenvalue weighted by atomic mass is 9.82. The molecule has 1 atom stereocenters. The smallest absolute Gasteiger partial charge is 0.233 e. The SMILES string of the molecule is CN1N=N[C@@H](C(C)(C)C)C12N(C)c1ccccc1N2C. The molecular weight excluding hydrogens is 250 g/mol. The van der Waals surface area contributed by atoms with Crippen molar-refractivity contribution in [3.8, 4) is 0 Å². The molecule has 2 aliphatic rings. The average molecular weight is 273 g/mol. The molecule has 0 amide bonds. The Balaban J connectivity index is 2.18. The summed E-state index contributed by atoms with van der Waals surface area (Å²) >= 11 is 0. The van der Waals surface area contributed by atoms with Crippen molar-refractivity contribution in [1.82, 2.24) is 5.01 Å². The lowest BCUT2D eigenvalue weighted by molar-refractivity contribution is 0.0974. The molecule has 0 unspecified atom stereocenters. The number of para-hydroxylation sites is 2. The highest BCUT2D eigenvalue weighted by Crippen LogP contribution is 2.52. The van der Waals surface area contributed by atoms with Crippen molar-refractivity contribution in [3.63, 3.8) is 0 Å². The largest absolute Gasteiger partial charge is 0.330 e. The van der Waals surface area contributed by atoms with E-state index in [1.807, 2.05) is 12.1 Å². The van der Waals surface area contributed by atoms with Gasteiger partial charge < -0.3 is 9.80 Å². The molecule has 1 aromatic rings. The number of fused-ring (bicyclic) bond motifs is 1. The molecular formula is C15H23N5. The van der Waals surface area contributed by atoms with E-state index in [-0.39, 0.29) is 17.2 Å². The molecule has 1 aromatic carbocycles. The summed E-state index contributed by atoms with van der Waals surface area (Å²) in [6.07, 6.45) is 0. The molecule has 2 heterocycles. The Morgan fingerprint density at radius 3 is 1.95 bits per heavy atom. The molecule has 0 fully saturated rings. The fourth-order valence-corrected chi connectivity index (χ4v) is 3.62. The normalized spacial score (nSPS) is 23.9. The zero-order valence-electron chi connectivity index (χ0n) is 13.1. The maximum atomic E-state index is 4.57. The Morgan fingerprint density at radius 2 is 1.50 bits per heavy atom. The van der Waals surface area contributed by atoms with E-state index in [2.05, 4.69) is 79.3 Å². The van der Waals surface area contributed by atoms with Crippen molar-refractivity contribution in [1.29, 1.82) is 0 Å². The Hall–Kier alpha value is -1.78. The quantitative estimate of drug-likeness (QED) is 0.729. The van der Waals surface area contributed by atoms with Gasteiger partial charge in [-0.25, -0.2) is 5.01 Å². The monoisotopic (exact) mass is 273 g/mol. The predicted molar refractivity (Wildman–Crippen MR) is 81.8 cm³/mol. The minimum atomic E-state index is -0.359. The Kier molecular flexibility index (Phi) is 2.56. The summed E-state index contributed by atoms with van der Waals surface area (Å²) in [5.41, 5.74) is 2.48. The first-order valence-electron chi connectivity index (χ1n) is 7.02. The second kappa shape index (κ2) is 3.87. The minimum absolute atomic E-state index is 0.0266. The van der Waals surface area contributed by atoms with Crippen LogP contribution in [0.15, 0.2) is 34.6 Å². The fourth-order valence-electron chi connectivity index (χ4n) is 3.62. The lowest BCUT2D eigenvalue weighted by Crippen LogP contribution is -2.69.